The fraction of sp³-hybridized carbons (Fsp3) is 0.528. The van der Waals surface area contributed by atoms with E-state index in [0.717, 1.165) is 87.0 Å². The first-order valence-electron chi connectivity index (χ1n) is 16.7. The number of hydrogen-bond donors (Lipinski definition) is 2. The third kappa shape index (κ3) is 9.75. The number of rotatable bonds is 7. The van der Waals surface area contributed by atoms with E-state index in [2.05, 4.69) is 62.3 Å². The predicted octanol–water partition coefficient (Wildman–Crippen LogP) is 5.89. The maximum Gasteiger partial charge on any atom is 0.257 e. The Morgan fingerprint density at radius 1 is 0.936 bits per heavy atom. The number of amides is 1. The molecule has 0 saturated carbocycles. The summed E-state index contributed by atoms with van der Waals surface area (Å²) in [6.07, 6.45) is 8.56. The topological polar surface area (TPSA) is 116 Å². The first-order valence-corrected chi connectivity index (χ1v) is 17.8. The molecule has 2 aromatic carbocycles. The van der Waals surface area contributed by atoms with Crippen LogP contribution in [0.1, 0.15) is 72.8 Å². The summed E-state index contributed by atoms with van der Waals surface area (Å²) in [4.78, 5) is 30.2. The molecule has 3 aliphatic rings. The zero-order chi connectivity index (χ0) is 32.5. The van der Waals surface area contributed by atoms with Gasteiger partial charge in [0.05, 0.1) is 17.0 Å². The van der Waals surface area contributed by atoms with Gasteiger partial charge in [0.2, 0.25) is 0 Å². The number of likely N-dealkylation sites (tertiary alicyclic amines) is 2. The van der Waals surface area contributed by atoms with Crippen LogP contribution in [0.15, 0.2) is 65.8 Å². The second kappa shape index (κ2) is 17.7. The molecular weight excluding hydrogens is 632 g/mol. The normalized spacial score (nSPS) is 19.1. The Morgan fingerprint density at radius 2 is 1.51 bits per heavy atom. The number of nitrogens with zero attached hydrogens (tertiary/aromatic N) is 5. The molecular formula is C36H51ClN6O3S. The fourth-order valence-electron chi connectivity index (χ4n) is 7.29. The van der Waals surface area contributed by atoms with Crippen LogP contribution in [0.2, 0.25) is 5.02 Å². The molecule has 0 radical (unpaired) electrons. The molecule has 3 aromatic rings. The van der Waals surface area contributed by atoms with Crippen LogP contribution < -0.4 is 5.32 Å². The van der Waals surface area contributed by atoms with E-state index in [4.69, 9.17) is 16.2 Å². The summed E-state index contributed by atoms with van der Waals surface area (Å²) in [5, 5.41) is 4.24. The smallest absolute Gasteiger partial charge is 0.257 e. The Morgan fingerprint density at radius 3 is 2.09 bits per heavy atom. The summed E-state index contributed by atoms with van der Waals surface area (Å²) in [5.74, 6) is 0.0925. The van der Waals surface area contributed by atoms with Gasteiger partial charge in [0.25, 0.3) is 5.91 Å². The van der Waals surface area contributed by atoms with Gasteiger partial charge in [-0.25, -0.2) is 9.97 Å². The Hall–Kier alpha value is -2.57. The van der Waals surface area contributed by atoms with Crippen molar-refractivity contribution in [2.45, 2.75) is 88.4 Å². The monoisotopic (exact) mass is 682 g/mol. The van der Waals surface area contributed by atoms with E-state index < -0.39 is 0 Å². The van der Waals surface area contributed by atoms with E-state index in [1.165, 1.54) is 31.2 Å². The summed E-state index contributed by atoms with van der Waals surface area (Å²) in [7, 11) is 0. The van der Waals surface area contributed by atoms with Gasteiger partial charge in [-0.2, -0.15) is 0 Å². The molecule has 0 spiro atoms. The van der Waals surface area contributed by atoms with Crippen molar-refractivity contribution in [3.05, 3.63) is 88.5 Å². The third-order valence-corrected chi connectivity index (χ3v) is 10.9. The molecule has 1 aromatic heterocycles. The first-order chi connectivity index (χ1) is 22.3. The molecule has 3 saturated heterocycles. The highest BCUT2D eigenvalue weighted by atomic mass is 35.5. The first kappa shape index (κ1) is 37.3. The van der Waals surface area contributed by atoms with Gasteiger partial charge in [-0.15, -0.1) is 0 Å². The number of hydrogen-bond acceptors (Lipinski definition) is 8. The van der Waals surface area contributed by atoms with Gasteiger partial charge in [-0.3, -0.25) is 14.6 Å². The van der Waals surface area contributed by atoms with Crippen molar-refractivity contribution in [1.82, 2.24) is 30.0 Å². The van der Waals surface area contributed by atoms with Crippen LogP contribution in [-0.4, -0.2) is 97.5 Å². The summed E-state index contributed by atoms with van der Waals surface area (Å²) in [6, 6.07) is 19.3. The maximum atomic E-state index is 13.3. The van der Waals surface area contributed by atoms with Crippen LogP contribution >= 0.6 is 23.6 Å². The Kier molecular flexibility index (Phi) is 14.0. The van der Waals surface area contributed by atoms with Crippen LogP contribution in [-0.2, 0) is 6.54 Å². The Balaban J connectivity index is 0.000000434. The molecule has 0 atom stereocenters. The number of carbonyl (C=O) groups is 1. The van der Waals surface area contributed by atoms with Gasteiger partial charge in [0, 0.05) is 72.3 Å². The standard InChI is InChI=1S/C30H44N6O.C6H5ClOS.H2O/c1-23-28(24(2)33-22-32-23)29(37)34-19-13-30(3,14-20-34)35-17-11-27(12-18-35)36(26-9-15-31-16-10-26)21-25-7-5-4-6-8-25;7-5-1-3-6(9-8)4-2-5;/h4-8,22,26-27,31H,9-21H2,1-3H3;1-4,8H;1H2. The van der Waals surface area contributed by atoms with E-state index in [1.807, 2.05) is 18.7 Å². The lowest BCUT2D eigenvalue weighted by molar-refractivity contribution is -0.0100. The molecule has 0 bridgehead atoms. The zero-order valence-corrected chi connectivity index (χ0v) is 29.6. The SMILES string of the molecule is Cc1ncnc(C)c1C(=O)N1CCC(C)(N2CCC(N(Cc3ccccc3)C3CCNCC3)CC2)CC1.O.OSc1ccc(Cl)cc1. The van der Waals surface area contributed by atoms with Crippen molar-refractivity contribution in [2.75, 3.05) is 39.3 Å². The highest BCUT2D eigenvalue weighted by molar-refractivity contribution is 7.93. The Labute approximate surface area is 289 Å². The van der Waals surface area contributed by atoms with Crippen molar-refractivity contribution in [2.24, 2.45) is 0 Å². The summed E-state index contributed by atoms with van der Waals surface area (Å²) < 4.78 is 8.50. The van der Waals surface area contributed by atoms with Crippen LogP contribution in [0.4, 0.5) is 0 Å². The summed E-state index contributed by atoms with van der Waals surface area (Å²) in [6.45, 7) is 13.5. The van der Waals surface area contributed by atoms with Crippen molar-refractivity contribution >= 4 is 29.6 Å². The van der Waals surface area contributed by atoms with E-state index in [0.29, 0.717) is 22.7 Å². The molecule has 4 heterocycles. The summed E-state index contributed by atoms with van der Waals surface area (Å²) in [5.41, 5.74) is 3.84. The average molecular weight is 683 g/mol. The molecule has 0 aliphatic carbocycles. The van der Waals surface area contributed by atoms with Gasteiger partial charge in [0.1, 0.15) is 6.33 Å². The molecule has 9 nitrogen and oxygen atoms in total. The predicted molar refractivity (Wildman–Crippen MR) is 191 cm³/mol. The van der Waals surface area contributed by atoms with Gasteiger partial charge >= 0.3 is 0 Å². The molecule has 3 aliphatic heterocycles. The minimum absolute atomic E-state index is 0. The minimum atomic E-state index is 0. The van der Waals surface area contributed by atoms with Crippen LogP contribution in [0.3, 0.4) is 0 Å². The van der Waals surface area contributed by atoms with Gasteiger partial charge in [-0.05, 0) is 102 Å². The summed E-state index contributed by atoms with van der Waals surface area (Å²) >= 11 is 6.30. The Bertz CT molecular complexity index is 1370. The molecule has 6 rings (SSSR count). The number of carbonyl (C=O) groups excluding carboxylic acids is 1. The van der Waals surface area contributed by atoms with Gasteiger partial charge in [0.15, 0.2) is 0 Å². The molecule has 3 fully saturated rings. The molecule has 0 unspecified atom stereocenters. The maximum absolute atomic E-state index is 13.3. The highest BCUT2D eigenvalue weighted by Crippen LogP contribution is 2.34. The molecule has 4 N–H and O–H groups in total. The quantitative estimate of drug-likeness (QED) is 0.297. The van der Waals surface area contributed by atoms with Crippen molar-refractivity contribution in [1.29, 1.82) is 0 Å². The lowest BCUT2D eigenvalue weighted by atomic mass is 9.84. The fourth-order valence-corrected chi connectivity index (χ4v) is 7.67. The molecule has 47 heavy (non-hydrogen) atoms. The van der Waals surface area contributed by atoms with Crippen LogP contribution in [0, 0.1) is 13.8 Å². The van der Waals surface area contributed by atoms with E-state index in [1.54, 1.807) is 30.6 Å². The van der Waals surface area contributed by atoms with E-state index in [-0.39, 0.29) is 16.9 Å². The van der Waals surface area contributed by atoms with Crippen molar-refractivity contribution in [3.63, 3.8) is 0 Å². The lowest BCUT2D eigenvalue weighted by Crippen LogP contribution is -2.59. The second-order valence-electron chi connectivity index (χ2n) is 13.1. The second-order valence-corrected chi connectivity index (χ2v) is 14.2. The van der Waals surface area contributed by atoms with Gasteiger partial charge in [-0.1, -0.05) is 41.9 Å². The molecule has 256 valence electrons. The number of halogens is 1. The zero-order valence-electron chi connectivity index (χ0n) is 28.0. The molecule has 11 heteroatoms. The van der Waals surface area contributed by atoms with Gasteiger partial charge < -0.3 is 20.2 Å². The number of nitrogens with one attached hydrogen (secondary N) is 1. The van der Waals surface area contributed by atoms with Crippen LogP contribution in [0.25, 0.3) is 0 Å². The van der Waals surface area contributed by atoms with Crippen LogP contribution in [0.5, 0.6) is 0 Å². The van der Waals surface area contributed by atoms with Crippen molar-refractivity contribution < 1.29 is 14.8 Å². The van der Waals surface area contributed by atoms with E-state index >= 15 is 0 Å². The third-order valence-electron chi connectivity index (χ3n) is 10.2. The number of benzene rings is 2. The largest absolute Gasteiger partial charge is 0.412 e. The number of aryl methyl sites for hydroxylation is 2. The van der Waals surface area contributed by atoms with E-state index in [9.17, 15) is 4.79 Å². The number of aromatic nitrogens is 2. The average Bonchev–Trinajstić information content (AvgIpc) is 3.09. The van der Waals surface area contributed by atoms with Crippen molar-refractivity contribution in [3.8, 4) is 0 Å². The lowest BCUT2D eigenvalue weighted by Gasteiger charge is -2.51. The highest BCUT2D eigenvalue weighted by Gasteiger charge is 2.40. The minimum Gasteiger partial charge on any atom is -0.412 e. The molecule has 1 amide bonds. The number of piperidine rings is 3.